The summed E-state index contributed by atoms with van der Waals surface area (Å²) in [7, 11) is 0. The van der Waals surface area contributed by atoms with E-state index in [1.165, 1.54) is 17.0 Å². The number of aliphatic hydroxyl groups is 1. The van der Waals surface area contributed by atoms with Gasteiger partial charge in [-0.1, -0.05) is 18.2 Å². The summed E-state index contributed by atoms with van der Waals surface area (Å²) in [6, 6.07) is 13.1. The van der Waals surface area contributed by atoms with Gasteiger partial charge in [-0.3, -0.25) is 4.90 Å². The van der Waals surface area contributed by atoms with Crippen molar-refractivity contribution in [2.75, 3.05) is 19.8 Å². The Morgan fingerprint density at radius 1 is 1.14 bits per heavy atom. The SMILES string of the molecule is CC(C)(C)OC(=O)N1C([C@@H](O)CCc2ccc(OCCOc3cccc(F)c3)cc2)COC1(C)C. The number of rotatable bonds is 9. The molecule has 1 aliphatic heterocycles. The largest absolute Gasteiger partial charge is 0.490 e. The van der Waals surface area contributed by atoms with Crippen molar-refractivity contribution in [3.05, 3.63) is 59.9 Å². The van der Waals surface area contributed by atoms with Crippen LogP contribution in [-0.4, -0.2) is 59.4 Å². The van der Waals surface area contributed by atoms with Gasteiger partial charge in [-0.2, -0.15) is 0 Å². The van der Waals surface area contributed by atoms with Gasteiger partial charge in [0.25, 0.3) is 0 Å². The molecule has 1 aliphatic rings. The molecule has 1 heterocycles. The van der Waals surface area contributed by atoms with Crippen LogP contribution in [-0.2, 0) is 15.9 Å². The Morgan fingerprint density at radius 3 is 2.43 bits per heavy atom. The molecule has 1 unspecified atom stereocenters. The summed E-state index contributed by atoms with van der Waals surface area (Å²) < 4.78 is 35.7. The summed E-state index contributed by atoms with van der Waals surface area (Å²) in [5, 5.41) is 10.9. The molecule has 0 aromatic heterocycles. The van der Waals surface area contributed by atoms with E-state index in [9.17, 15) is 14.3 Å². The molecule has 2 aromatic carbocycles. The molecule has 1 amide bonds. The van der Waals surface area contributed by atoms with E-state index in [2.05, 4.69) is 0 Å². The van der Waals surface area contributed by atoms with E-state index >= 15 is 0 Å². The van der Waals surface area contributed by atoms with Crippen LogP contribution < -0.4 is 9.47 Å². The van der Waals surface area contributed by atoms with Crippen LogP contribution in [0.1, 0.15) is 46.6 Å². The van der Waals surface area contributed by atoms with Crippen LogP contribution in [0.3, 0.4) is 0 Å². The summed E-state index contributed by atoms with van der Waals surface area (Å²) in [5.74, 6) is 0.814. The van der Waals surface area contributed by atoms with Crippen molar-refractivity contribution < 1.29 is 33.2 Å². The Kier molecular flexibility index (Phi) is 8.61. The zero-order valence-corrected chi connectivity index (χ0v) is 21.1. The molecule has 0 bridgehead atoms. The minimum atomic E-state index is -0.856. The maximum Gasteiger partial charge on any atom is 0.412 e. The number of hydrogen-bond donors (Lipinski definition) is 1. The summed E-state index contributed by atoms with van der Waals surface area (Å²) >= 11 is 0. The van der Waals surface area contributed by atoms with Gasteiger partial charge in [0.05, 0.1) is 18.8 Å². The quantitative estimate of drug-likeness (QED) is 0.503. The van der Waals surface area contributed by atoms with Gasteiger partial charge in [0.15, 0.2) is 0 Å². The van der Waals surface area contributed by atoms with Crippen LogP contribution in [0.25, 0.3) is 0 Å². The van der Waals surface area contributed by atoms with Crippen LogP contribution >= 0.6 is 0 Å². The summed E-state index contributed by atoms with van der Waals surface area (Å²) in [5.41, 5.74) is -0.458. The van der Waals surface area contributed by atoms with Crippen molar-refractivity contribution in [3.8, 4) is 11.5 Å². The molecule has 1 fully saturated rings. The third kappa shape index (κ3) is 7.83. The van der Waals surface area contributed by atoms with Gasteiger partial charge >= 0.3 is 6.09 Å². The number of nitrogens with zero attached hydrogens (tertiary/aromatic N) is 1. The molecule has 0 saturated carbocycles. The molecule has 2 atom stereocenters. The summed E-state index contributed by atoms with van der Waals surface area (Å²) in [6.45, 7) is 9.90. The molecule has 0 radical (unpaired) electrons. The predicted molar refractivity (Wildman–Crippen MR) is 130 cm³/mol. The first-order chi connectivity index (χ1) is 16.4. The molecular formula is C27H36FNO6. The first kappa shape index (κ1) is 26.8. The highest BCUT2D eigenvalue weighted by Gasteiger charge is 2.48. The molecular weight excluding hydrogens is 453 g/mol. The van der Waals surface area contributed by atoms with Crippen molar-refractivity contribution in [1.82, 2.24) is 4.90 Å². The lowest BCUT2D eigenvalue weighted by atomic mass is 10.0. The van der Waals surface area contributed by atoms with Gasteiger partial charge in [0, 0.05) is 6.07 Å². The van der Waals surface area contributed by atoms with Gasteiger partial charge in [0.1, 0.15) is 41.9 Å². The molecule has 8 heteroatoms. The van der Waals surface area contributed by atoms with E-state index in [1.54, 1.807) is 26.0 Å². The van der Waals surface area contributed by atoms with Crippen molar-refractivity contribution in [3.63, 3.8) is 0 Å². The van der Waals surface area contributed by atoms with Crippen molar-refractivity contribution in [2.45, 2.75) is 70.9 Å². The van der Waals surface area contributed by atoms with E-state index in [0.29, 0.717) is 37.6 Å². The van der Waals surface area contributed by atoms with Crippen LogP contribution in [0.5, 0.6) is 11.5 Å². The molecule has 1 N–H and O–H groups in total. The molecule has 1 saturated heterocycles. The number of amides is 1. The lowest BCUT2D eigenvalue weighted by Gasteiger charge is -2.36. The average molecular weight is 490 g/mol. The van der Waals surface area contributed by atoms with Crippen LogP contribution in [0.2, 0.25) is 0 Å². The Bertz CT molecular complexity index is 972. The van der Waals surface area contributed by atoms with Gasteiger partial charge in [-0.25, -0.2) is 9.18 Å². The number of carbonyl (C=O) groups excluding carboxylic acids is 1. The third-order valence-electron chi connectivity index (χ3n) is 5.62. The minimum Gasteiger partial charge on any atom is -0.490 e. The first-order valence-corrected chi connectivity index (χ1v) is 11.9. The Morgan fingerprint density at radius 2 is 1.80 bits per heavy atom. The van der Waals surface area contributed by atoms with E-state index in [-0.39, 0.29) is 12.4 Å². The lowest BCUT2D eigenvalue weighted by molar-refractivity contribution is -0.0680. The predicted octanol–water partition coefficient (Wildman–Crippen LogP) is 4.95. The van der Waals surface area contributed by atoms with Gasteiger partial charge in [-0.15, -0.1) is 0 Å². The highest BCUT2D eigenvalue weighted by atomic mass is 19.1. The molecule has 35 heavy (non-hydrogen) atoms. The number of aliphatic hydroxyl groups excluding tert-OH is 1. The topological polar surface area (TPSA) is 77.5 Å². The highest BCUT2D eigenvalue weighted by molar-refractivity contribution is 5.69. The van der Waals surface area contributed by atoms with E-state index < -0.39 is 29.6 Å². The second-order valence-corrected chi connectivity index (χ2v) is 10.1. The fourth-order valence-electron chi connectivity index (χ4n) is 3.92. The number of carbonyl (C=O) groups is 1. The Balaban J connectivity index is 1.46. The monoisotopic (exact) mass is 489 g/mol. The van der Waals surface area contributed by atoms with Crippen molar-refractivity contribution in [1.29, 1.82) is 0 Å². The Labute approximate surface area is 206 Å². The fraction of sp³-hybridized carbons (Fsp3) is 0.519. The number of aryl methyl sites for hydroxylation is 1. The zero-order valence-electron chi connectivity index (χ0n) is 21.1. The van der Waals surface area contributed by atoms with Gasteiger partial charge < -0.3 is 24.1 Å². The van der Waals surface area contributed by atoms with Gasteiger partial charge in [-0.05, 0) is 77.3 Å². The maximum atomic E-state index is 13.2. The maximum absolute atomic E-state index is 13.2. The number of halogens is 1. The second-order valence-electron chi connectivity index (χ2n) is 10.1. The van der Waals surface area contributed by atoms with Crippen molar-refractivity contribution >= 4 is 6.09 Å². The Hall–Kier alpha value is -2.84. The number of ether oxygens (including phenoxy) is 4. The molecule has 7 nitrogen and oxygen atoms in total. The zero-order chi connectivity index (χ0) is 25.6. The summed E-state index contributed by atoms with van der Waals surface area (Å²) in [4.78, 5) is 14.3. The summed E-state index contributed by atoms with van der Waals surface area (Å²) in [6.07, 6.45) is -0.166. The van der Waals surface area contributed by atoms with Crippen LogP contribution in [0.4, 0.5) is 9.18 Å². The lowest BCUT2D eigenvalue weighted by Crippen LogP contribution is -2.53. The first-order valence-electron chi connectivity index (χ1n) is 11.9. The minimum absolute atomic E-state index is 0.248. The normalized spacial score (nSPS) is 18.3. The number of hydrogen-bond acceptors (Lipinski definition) is 6. The fourth-order valence-corrected chi connectivity index (χ4v) is 3.92. The smallest absolute Gasteiger partial charge is 0.412 e. The molecule has 2 aromatic rings. The van der Waals surface area contributed by atoms with Crippen molar-refractivity contribution in [2.24, 2.45) is 0 Å². The highest BCUT2D eigenvalue weighted by Crippen LogP contribution is 2.32. The molecule has 0 spiro atoms. The molecule has 0 aliphatic carbocycles. The van der Waals surface area contributed by atoms with E-state index in [0.717, 1.165) is 5.56 Å². The second kappa shape index (κ2) is 11.3. The third-order valence-corrected chi connectivity index (χ3v) is 5.62. The van der Waals surface area contributed by atoms with E-state index in [1.807, 2.05) is 45.0 Å². The van der Waals surface area contributed by atoms with Gasteiger partial charge in [0.2, 0.25) is 0 Å². The molecule has 3 rings (SSSR count). The van der Waals surface area contributed by atoms with Crippen LogP contribution in [0.15, 0.2) is 48.5 Å². The standard InChI is InChI=1S/C27H36FNO6/c1-26(2,3)35-25(31)29-23(18-34-27(29,4)5)24(30)14-11-19-9-12-21(13-10-19)32-15-16-33-22-8-6-7-20(28)17-22/h6-10,12-13,17,23-24,30H,11,14-16,18H2,1-5H3/t23?,24-/m0/s1. The van der Waals surface area contributed by atoms with E-state index in [4.69, 9.17) is 18.9 Å². The average Bonchev–Trinajstić information content (AvgIpc) is 3.10. The molecule has 192 valence electrons. The number of benzene rings is 2. The van der Waals surface area contributed by atoms with Crippen LogP contribution in [0, 0.1) is 5.82 Å².